The minimum atomic E-state index is 0.365. The van der Waals surface area contributed by atoms with Crippen molar-refractivity contribution in [2.75, 3.05) is 5.32 Å². The minimum Gasteiger partial charge on any atom is -0.350 e. The molecule has 2 aromatic carbocycles. The van der Waals surface area contributed by atoms with Gasteiger partial charge in [-0.15, -0.1) is 0 Å². The Morgan fingerprint density at radius 3 is 2.41 bits per heavy atom. The molecule has 0 amide bonds. The number of rotatable bonds is 4. The van der Waals surface area contributed by atoms with Crippen molar-refractivity contribution < 1.29 is 0 Å². The maximum absolute atomic E-state index is 4.77. The third kappa shape index (κ3) is 4.45. The van der Waals surface area contributed by atoms with E-state index in [0.29, 0.717) is 12.1 Å². The third-order valence-electron chi connectivity index (χ3n) is 5.48. The van der Waals surface area contributed by atoms with Gasteiger partial charge in [0.1, 0.15) is 0 Å². The fraction of sp³-hybridized carbons (Fsp3) is 0.364. The predicted molar refractivity (Wildman–Crippen MR) is 117 cm³/mol. The second-order valence-corrected chi connectivity index (χ2v) is 7.68. The van der Waals surface area contributed by atoms with Crippen LogP contribution < -0.4 is 10.4 Å². The summed E-state index contributed by atoms with van der Waals surface area (Å²) in [5.41, 5.74) is 3.39. The Morgan fingerprint density at radius 1 is 0.852 bits per heavy atom. The van der Waals surface area contributed by atoms with E-state index in [1.165, 1.54) is 43.2 Å². The molecule has 3 aromatic rings. The summed E-state index contributed by atoms with van der Waals surface area (Å²) in [6.45, 7) is 0. The van der Waals surface area contributed by atoms with Gasteiger partial charge in [0.2, 0.25) is 5.95 Å². The lowest BCUT2D eigenvalue weighted by Gasteiger charge is -2.29. The van der Waals surface area contributed by atoms with Crippen LogP contribution in [0.4, 0.5) is 5.95 Å². The molecule has 1 saturated carbocycles. The molecule has 1 aliphatic rings. The fourth-order valence-electron chi connectivity index (χ4n) is 3.94. The zero-order valence-electron chi connectivity index (χ0n) is 15.6. The molecule has 27 heavy (non-hydrogen) atoms. The molecule has 140 valence electrons. The van der Waals surface area contributed by atoms with E-state index < -0.39 is 0 Å². The molecule has 0 aliphatic heterocycles. The van der Waals surface area contributed by atoms with Gasteiger partial charge in [0.25, 0.3) is 0 Å². The van der Waals surface area contributed by atoms with Crippen LogP contribution in [0.25, 0.3) is 22.0 Å². The molecule has 3 atom stereocenters. The predicted octanol–water partition coefficient (Wildman–Crippen LogP) is 5.18. The normalized spacial score (nSPS) is 20.8. The Morgan fingerprint density at radius 2 is 1.63 bits per heavy atom. The van der Waals surface area contributed by atoms with Crippen molar-refractivity contribution in [3.63, 3.8) is 0 Å². The fourth-order valence-corrected chi connectivity index (χ4v) is 4.33. The highest BCUT2D eigenvalue weighted by molar-refractivity contribution is 7.13. The lowest BCUT2D eigenvalue weighted by molar-refractivity contribution is 0.404. The van der Waals surface area contributed by atoms with Crippen molar-refractivity contribution in [2.45, 2.75) is 50.6 Å². The second kappa shape index (κ2) is 8.77. The molecule has 0 spiro atoms. The first-order valence-electron chi connectivity index (χ1n) is 9.88. The van der Waals surface area contributed by atoms with Gasteiger partial charge in [-0.2, -0.15) is 0 Å². The first-order chi connectivity index (χ1) is 13.3. The molecule has 4 rings (SSSR count). The number of anilines is 1. The molecule has 0 bridgehead atoms. The summed E-state index contributed by atoms with van der Waals surface area (Å²) >= 11 is 0. The summed E-state index contributed by atoms with van der Waals surface area (Å²) < 4.78 is 0. The SMILES string of the molecule is PNC1CCCCCC[C@@H]1Nc1ncc2cc(-c3ccccc3)ccc2n1. The Bertz CT molecular complexity index is 884. The standard InChI is InChI=1S/C22H27N4P/c27-26-21-11-7-2-1-6-10-20(21)25-22-23-15-18-14-17(12-13-19(18)24-22)16-8-4-3-5-9-16/h3-5,8-9,12-15,20-21,26H,1-2,6-7,10-11,27H2,(H,23,24,25)/t20-,21?/m0/s1. The molecule has 4 nitrogen and oxygen atoms in total. The minimum absolute atomic E-state index is 0.365. The van der Waals surface area contributed by atoms with E-state index in [9.17, 15) is 0 Å². The van der Waals surface area contributed by atoms with Crippen LogP contribution >= 0.6 is 9.39 Å². The molecule has 1 aliphatic carbocycles. The number of aromatic nitrogens is 2. The molecule has 2 N–H and O–H groups in total. The van der Waals surface area contributed by atoms with E-state index in [1.807, 2.05) is 12.3 Å². The van der Waals surface area contributed by atoms with Gasteiger partial charge >= 0.3 is 0 Å². The highest BCUT2D eigenvalue weighted by Gasteiger charge is 2.22. The zero-order chi connectivity index (χ0) is 18.5. The van der Waals surface area contributed by atoms with Gasteiger partial charge in [-0.1, -0.05) is 71.5 Å². The number of hydrogen-bond acceptors (Lipinski definition) is 4. The quantitative estimate of drug-likeness (QED) is 0.614. The first kappa shape index (κ1) is 18.3. The Labute approximate surface area is 163 Å². The van der Waals surface area contributed by atoms with Crippen LogP contribution in [0.5, 0.6) is 0 Å². The van der Waals surface area contributed by atoms with Crippen LogP contribution in [0, 0.1) is 0 Å². The van der Waals surface area contributed by atoms with Gasteiger partial charge in [0.15, 0.2) is 0 Å². The molecule has 1 aromatic heterocycles. The molecule has 1 fully saturated rings. The first-order valence-corrected chi connectivity index (χ1v) is 10.5. The summed E-state index contributed by atoms with van der Waals surface area (Å²) in [6.07, 6.45) is 9.48. The topological polar surface area (TPSA) is 49.8 Å². The smallest absolute Gasteiger partial charge is 0.223 e. The second-order valence-electron chi connectivity index (χ2n) is 7.35. The van der Waals surface area contributed by atoms with Crippen molar-refractivity contribution in [2.24, 2.45) is 0 Å². The van der Waals surface area contributed by atoms with Crippen LogP contribution in [0.15, 0.2) is 54.7 Å². The van der Waals surface area contributed by atoms with Crippen molar-refractivity contribution in [1.29, 1.82) is 0 Å². The highest BCUT2D eigenvalue weighted by Crippen LogP contribution is 2.25. The van der Waals surface area contributed by atoms with Crippen LogP contribution in [-0.2, 0) is 0 Å². The van der Waals surface area contributed by atoms with Gasteiger partial charge in [-0.25, -0.2) is 9.97 Å². The number of hydrogen-bond donors (Lipinski definition) is 2. The summed E-state index contributed by atoms with van der Waals surface area (Å²) in [7, 11) is 2.69. The molecule has 0 radical (unpaired) electrons. The monoisotopic (exact) mass is 378 g/mol. The van der Waals surface area contributed by atoms with E-state index in [2.05, 4.69) is 67.2 Å². The van der Waals surface area contributed by atoms with Gasteiger partial charge in [-0.3, -0.25) is 5.09 Å². The summed E-state index contributed by atoms with van der Waals surface area (Å²) in [5.74, 6) is 0.728. The molecule has 0 saturated heterocycles. The largest absolute Gasteiger partial charge is 0.350 e. The van der Waals surface area contributed by atoms with E-state index in [4.69, 9.17) is 4.98 Å². The number of benzene rings is 2. The maximum atomic E-state index is 4.77. The van der Waals surface area contributed by atoms with Crippen LogP contribution in [-0.4, -0.2) is 22.1 Å². The van der Waals surface area contributed by atoms with Crippen molar-refractivity contribution in [3.8, 4) is 11.1 Å². The number of nitrogens with zero attached hydrogens (tertiary/aromatic N) is 2. The van der Waals surface area contributed by atoms with Gasteiger partial charge in [-0.05, 0) is 36.1 Å². The summed E-state index contributed by atoms with van der Waals surface area (Å²) in [5, 5.41) is 8.06. The van der Waals surface area contributed by atoms with Crippen LogP contribution in [0.3, 0.4) is 0 Å². The molecular formula is C22H27N4P. The van der Waals surface area contributed by atoms with Crippen LogP contribution in [0.2, 0.25) is 0 Å². The lowest BCUT2D eigenvalue weighted by Crippen LogP contribution is -2.41. The average molecular weight is 378 g/mol. The summed E-state index contributed by atoms with van der Waals surface area (Å²) in [4.78, 5) is 9.37. The molecule has 1 heterocycles. The molecule has 5 heteroatoms. The number of fused-ring (bicyclic) bond motifs is 1. The Balaban J connectivity index is 1.56. The van der Waals surface area contributed by atoms with E-state index in [0.717, 1.165) is 23.3 Å². The number of nitrogens with one attached hydrogen (secondary N) is 2. The lowest BCUT2D eigenvalue weighted by atomic mass is 9.93. The van der Waals surface area contributed by atoms with E-state index >= 15 is 0 Å². The van der Waals surface area contributed by atoms with Crippen molar-refractivity contribution >= 4 is 26.2 Å². The van der Waals surface area contributed by atoms with Crippen molar-refractivity contribution in [1.82, 2.24) is 15.1 Å². The van der Waals surface area contributed by atoms with E-state index in [-0.39, 0.29) is 0 Å². The van der Waals surface area contributed by atoms with Crippen molar-refractivity contribution in [3.05, 3.63) is 54.7 Å². The average Bonchev–Trinajstić information content (AvgIpc) is 2.70. The Kier molecular flexibility index (Phi) is 5.96. The van der Waals surface area contributed by atoms with Crippen LogP contribution in [0.1, 0.15) is 38.5 Å². The highest BCUT2D eigenvalue weighted by atomic mass is 31.0. The maximum Gasteiger partial charge on any atom is 0.223 e. The molecular weight excluding hydrogens is 351 g/mol. The van der Waals surface area contributed by atoms with Gasteiger partial charge < -0.3 is 5.32 Å². The zero-order valence-corrected chi connectivity index (χ0v) is 16.7. The third-order valence-corrected chi connectivity index (χ3v) is 5.91. The van der Waals surface area contributed by atoms with E-state index in [1.54, 1.807) is 0 Å². The molecule has 2 unspecified atom stereocenters. The Hall–Kier alpha value is -2.03. The van der Waals surface area contributed by atoms with Gasteiger partial charge in [0, 0.05) is 23.7 Å². The van der Waals surface area contributed by atoms with Gasteiger partial charge in [0.05, 0.1) is 5.52 Å². The summed E-state index contributed by atoms with van der Waals surface area (Å²) in [6, 6.07) is 17.6.